The van der Waals surface area contributed by atoms with Crippen LogP contribution < -0.4 is 0 Å². The van der Waals surface area contributed by atoms with Gasteiger partial charge in [-0.25, -0.2) is 14.8 Å². The number of hydrogen-bond acceptors (Lipinski definition) is 4. The summed E-state index contributed by atoms with van der Waals surface area (Å²) in [5.41, 5.74) is 1.10. The normalized spacial score (nSPS) is 10.5. The van der Waals surface area contributed by atoms with Gasteiger partial charge in [0.05, 0.1) is 17.6 Å². The molecule has 0 saturated heterocycles. The van der Waals surface area contributed by atoms with E-state index in [-0.39, 0.29) is 17.5 Å². The van der Waals surface area contributed by atoms with Crippen LogP contribution in [0.2, 0.25) is 10.2 Å². The standard InChI is InChI=1S/C11H8Cl2N2O2/c1-2-17-11(16)9-10(13)15-8-5-6(12)3-4-7(8)14-9/h3-5H,2H2,1H3. The number of halogens is 2. The molecule has 88 valence electrons. The molecule has 0 saturated carbocycles. The fourth-order valence-electron chi connectivity index (χ4n) is 1.34. The Labute approximate surface area is 108 Å². The highest BCUT2D eigenvalue weighted by atomic mass is 35.5. The number of carbonyl (C=O) groups is 1. The third kappa shape index (κ3) is 2.48. The number of hydrogen-bond donors (Lipinski definition) is 0. The Hall–Kier alpha value is -1.39. The fourth-order valence-corrected chi connectivity index (χ4v) is 1.71. The van der Waals surface area contributed by atoms with Gasteiger partial charge in [0.15, 0.2) is 10.8 Å². The van der Waals surface area contributed by atoms with Crippen molar-refractivity contribution in [3.05, 3.63) is 34.1 Å². The largest absolute Gasteiger partial charge is 0.461 e. The van der Waals surface area contributed by atoms with Crippen LogP contribution in [0.3, 0.4) is 0 Å². The van der Waals surface area contributed by atoms with Crippen LogP contribution in [0.25, 0.3) is 11.0 Å². The number of esters is 1. The molecular weight excluding hydrogens is 263 g/mol. The Morgan fingerprint density at radius 1 is 1.29 bits per heavy atom. The molecule has 0 radical (unpaired) electrons. The first kappa shape index (κ1) is 12.1. The second-order valence-corrected chi connectivity index (χ2v) is 4.01. The van der Waals surface area contributed by atoms with E-state index in [1.54, 1.807) is 25.1 Å². The molecule has 0 aliphatic rings. The van der Waals surface area contributed by atoms with E-state index in [4.69, 9.17) is 27.9 Å². The van der Waals surface area contributed by atoms with Crippen molar-refractivity contribution in [1.29, 1.82) is 0 Å². The van der Waals surface area contributed by atoms with Crippen molar-refractivity contribution in [2.75, 3.05) is 6.61 Å². The molecule has 2 rings (SSSR count). The first-order valence-electron chi connectivity index (χ1n) is 4.91. The summed E-state index contributed by atoms with van der Waals surface area (Å²) in [6.07, 6.45) is 0. The first-order valence-corrected chi connectivity index (χ1v) is 5.67. The molecular formula is C11H8Cl2N2O2. The summed E-state index contributed by atoms with van der Waals surface area (Å²) in [5.74, 6) is -0.582. The van der Waals surface area contributed by atoms with Crippen LogP contribution in [0, 0.1) is 0 Å². The van der Waals surface area contributed by atoms with Crippen molar-refractivity contribution < 1.29 is 9.53 Å². The number of benzene rings is 1. The van der Waals surface area contributed by atoms with Crippen LogP contribution in [0.4, 0.5) is 0 Å². The topological polar surface area (TPSA) is 52.1 Å². The minimum absolute atomic E-state index is 0.0122. The molecule has 2 aromatic rings. The fraction of sp³-hybridized carbons (Fsp3) is 0.182. The van der Waals surface area contributed by atoms with Crippen molar-refractivity contribution in [3.8, 4) is 0 Å². The van der Waals surface area contributed by atoms with Gasteiger partial charge in [0, 0.05) is 5.02 Å². The van der Waals surface area contributed by atoms with Crippen molar-refractivity contribution in [2.24, 2.45) is 0 Å². The maximum Gasteiger partial charge on any atom is 0.360 e. The lowest BCUT2D eigenvalue weighted by molar-refractivity contribution is 0.0519. The monoisotopic (exact) mass is 270 g/mol. The summed E-state index contributed by atoms with van der Waals surface area (Å²) in [6, 6.07) is 4.97. The molecule has 0 N–H and O–H groups in total. The third-order valence-corrected chi connectivity index (χ3v) is 2.55. The van der Waals surface area contributed by atoms with E-state index in [2.05, 4.69) is 9.97 Å². The Kier molecular flexibility index (Phi) is 3.45. The zero-order valence-electron chi connectivity index (χ0n) is 8.91. The molecule has 0 aliphatic carbocycles. The SMILES string of the molecule is CCOC(=O)c1nc2ccc(Cl)cc2nc1Cl. The lowest BCUT2D eigenvalue weighted by Crippen LogP contribution is -2.09. The molecule has 0 bridgehead atoms. The first-order chi connectivity index (χ1) is 8.11. The van der Waals surface area contributed by atoms with Gasteiger partial charge in [-0.15, -0.1) is 0 Å². The van der Waals surface area contributed by atoms with Crippen LogP contribution in [-0.2, 0) is 4.74 Å². The Bertz CT molecular complexity index is 587. The van der Waals surface area contributed by atoms with E-state index in [0.717, 1.165) is 0 Å². The zero-order valence-corrected chi connectivity index (χ0v) is 10.4. The summed E-state index contributed by atoms with van der Waals surface area (Å²) in [5, 5.41) is 0.546. The molecule has 0 atom stereocenters. The Balaban J connectivity index is 2.55. The third-order valence-electron chi connectivity index (χ3n) is 2.05. The van der Waals surface area contributed by atoms with Gasteiger partial charge in [0.25, 0.3) is 0 Å². The summed E-state index contributed by atoms with van der Waals surface area (Å²) < 4.78 is 4.83. The number of rotatable bonds is 2. The maximum atomic E-state index is 11.5. The van der Waals surface area contributed by atoms with Crippen LogP contribution >= 0.6 is 23.2 Å². The smallest absolute Gasteiger partial charge is 0.360 e. The zero-order chi connectivity index (χ0) is 12.4. The van der Waals surface area contributed by atoms with E-state index < -0.39 is 5.97 Å². The average Bonchev–Trinajstić information content (AvgIpc) is 2.28. The van der Waals surface area contributed by atoms with E-state index in [1.807, 2.05) is 0 Å². The number of ether oxygens (including phenoxy) is 1. The predicted octanol–water partition coefficient (Wildman–Crippen LogP) is 3.11. The van der Waals surface area contributed by atoms with Crippen LogP contribution in [0.5, 0.6) is 0 Å². The molecule has 0 aliphatic heterocycles. The van der Waals surface area contributed by atoms with Gasteiger partial charge in [0.1, 0.15) is 0 Å². The van der Waals surface area contributed by atoms with Crippen molar-refractivity contribution in [3.63, 3.8) is 0 Å². The van der Waals surface area contributed by atoms with Gasteiger partial charge in [-0.05, 0) is 25.1 Å². The Morgan fingerprint density at radius 3 is 2.76 bits per heavy atom. The summed E-state index contributed by atoms with van der Waals surface area (Å²) in [7, 11) is 0. The summed E-state index contributed by atoms with van der Waals surface area (Å²) in [4.78, 5) is 19.7. The molecule has 0 spiro atoms. The quantitative estimate of drug-likeness (QED) is 0.787. The van der Waals surface area contributed by atoms with Crippen LogP contribution in [0.15, 0.2) is 18.2 Å². The lowest BCUT2D eigenvalue weighted by Gasteiger charge is -2.04. The van der Waals surface area contributed by atoms with Crippen molar-refractivity contribution in [1.82, 2.24) is 9.97 Å². The van der Waals surface area contributed by atoms with E-state index >= 15 is 0 Å². The molecule has 0 unspecified atom stereocenters. The van der Waals surface area contributed by atoms with Gasteiger partial charge in [-0.3, -0.25) is 0 Å². The van der Waals surface area contributed by atoms with E-state index in [0.29, 0.717) is 16.1 Å². The molecule has 1 heterocycles. The van der Waals surface area contributed by atoms with E-state index in [9.17, 15) is 4.79 Å². The number of fused-ring (bicyclic) bond motifs is 1. The van der Waals surface area contributed by atoms with Crippen molar-refractivity contribution in [2.45, 2.75) is 6.92 Å². The van der Waals surface area contributed by atoms with Crippen LogP contribution in [0.1, 0.15) is 17.4 Å². The summed E-state index contributed by atoms with van der Waals surface area (Å²) in [6.45, 7) is 1.97. The average molecular weight is 271 g/mol. The van der Waals surface area contributed by atoms with Crippen molar-refractivity contribution >= 4 is 40.2 Å². The highest BCUT2D eigenvalue weighted by molar-refractivity contribution is 6.33. The lowest BCUT2D eigenvalue weighted by atomic mass is 10.3. The maximum absolute atomic E-state index is 11.5. The number of aromatic nitrogens is 2. The minimum Gasteiger partial charge on any atom is -0.461 e. The molecule has 0 fully saturated rings. The highest BCUT2D eigenvalue weighted by Gasteiger charge is 2.16. The summed E-state index contributed by atoms with van der Waals surface area (Å²) >= 11 is 11.7. The van der Waals surface area contributed by atoms with Gasteiger partial charge in [-0.2, -0.15) is 0 Å². The molecule has 1 aromatic heterocycles. The predicted molar refractivity (Wildman–Crippen MR) is 65.5 cm³/mol. The molecule has 1 aromatic carbocycles. The Morgan fingerprint density at radius 2 is 2.06 bits per heavy atom. The van der Waals surface area contributed by atoms with E-state index in [1.165, 1.54) is 0 Å². The minimum atomic E-state index is -0.582. The van der Waals surface area contributed by atoms with Gasteiger partial charge in [-0.1, -0.05) is 23.2 Å². The second-order valence-electron chi connectivity index (χ2n) is 3.22. The number of nitrogens with zero attached hydrogens (tertiary/aromatic N) is 2. The molecule has 17 heavy (non-hydrogen) atoms. The second kappa shape index (κ2) is 4.85. The highest BCUT2D eigenvalue weighted by Crippen LogP contribution is 2.20. The van der Waals surface area contributed by atoms with Gasteiger partial charge < -0.3 is 4.74 Å². The molecule has 0 amide bonds. The molecule has 4 nitrogen and oxygen atoms in total. The molecule has 6 heteroatoms. The van der Waals surface area contributed by atoms with Crippen LogP contribution in [-0.4, -0.2) is 22.5 Å². The number of carbonyl (C=O) groups excluding carboxylic acids is 1. The van der Waals surface area contributed by atoms with Gasteiger partial charge in [0.2, 0.25) is 0 Å². The van der Waals surface area contributed by atoms with Gasteiger partial charge >= 0.3 is 5.97 Å².